The number of likely N-dealkylation sites (N-methyl/N-ethyl adjacent to an activating group) is 1. The molecule has 10 nitrogen and oxygen atoms in total. The summed E-state index contributed by atoms with van der Waals surface area (Å²) >= 11 is 0. The Balaban J connectivity index is 1.70. The van der Waals surface area contributed by atoms with Crippen molar-refractivity contribution < 1.29 is 38.6 Å². The van der Waals surface area contributed by atoms with E-state index in [9.17, 15) is 29.1 Å². The minimum atomic E-state index is -1.07. The lowest BCUT2D eigenvalue weighted by atomic mass is 9.69. The average molecular weight is 482 g/mol. The number of hydrogen-bond acceptors (Lipinski definition) is 9. The Morgan fingerprint density at radius 3 is 1.86 bits per heavy atom. The molecule has 3 heterocycles. The van der Waals surface area contributed by atoms with Crippen LogP contribution in [0.3, 0.4) is 0 Å². The number of carbonyl (C=O) groups excluding carboxylic acids is 5. The maximum Gasteiger partial charge on any atom is 0.241 e. The van der Waals surface area contributed by atoms with Crippen molar-refractivity contribution in [1.82, 2.24) is 9.80 Å². The molecule has 0 aromatic carbocycles. The molecule has 2 bridgehead atoms. The van der Waals surface area contributed by atoms with Gasteiger partial charge in [0.1, 0.15) is 0 Å². The third-order valence-electron chi connectivity index (χ3n) is 8.01. The number of nitrogens with zero attached hydrogens (tertiary/aromatic N) is 2. The number of hydrogen-bond donors (Lipinski definition) is 1. The molecule has 2 aliphatic carbocycles. The highest BCUT2D eigenvalue weighted by molar-refractivity contribution is 6.26. The van der Waals surface area contributed by atoms with E-state index in [1.54, 1.807) is 11.9 Å². The zero-order chi connectivity index (χ0) is 25.5. The molecule has 4 atom stereocenters. The van der Waals surface area contributed by atoms with Crippen LogP contribution in [0.1, 0.15) is 26.7 Å². The summed E-state index contributed by atoms with van der Waals surface area (Å²) in [7, 11) is 4.34. The van der Waals surface area contributed by atoms with Crippen molar-refractivity contribution in [3.05, 3.63) is 45.0 Å². The summed E-state index contributed by atoms with van der Waals surface area (Å²) in [5.41, 5.74) is 1.15. The summed E-state index contributed by atoms with van der Waals surface area (Å²) in [6.45, 7) is 2.44. The highest BCUT2D eigenvalue weighted by atomic mass is 16.5. The number of aliphatic hydroxyl groups is 1. The number of ketones is 4. The number of fused-ring (bicyclic) bond motifs is 5. The minimum absolute atomic E-state index is 0.00146. The lowest BCUT2D eigenvalue weighted by molar-refractivity contribution is -0.155. The van der Waals surface area contributed by atoms with Crippen LogP contribution in [-0.4, -0.2) is 96.0 Å². The fraction of sp³-hybridized carbons (Fsp3) is 0.480. The Kier molecular flexibility index (Phi) is 5.22. The summed E-state index contributed by atoms with van der Waals surface area (Å²) in [6.07, 6.45) is 0.0318. The van der Waals surface area contributed by atoms with Crippen LogP contribution in [0.5, 0.6) is 0 Å². The Labute approximate surface area is 201 Å². The van der Waals surface area contributed by atoms with Gasteiger partial charge in [-0.3, -0.25) is 28.9 Å². The van der Waals surface area contributed by atoms with Crippen LogP contribution in [0.15, 0.2) is 45.0 Å². The maximum atomic E-state index is 13.7. The Morgan fingerprint density at radius 2 is 1.34 bits per heavy atom. The quantitative estimate of drug-likeness (QED) is 0.542. The number of methoxy groups -OCH3 is 2. The van der Waals surface area contributed by atoms with Crippen molar-refractivity contribution in [2.45, 2.75) is 50.9 Å². The lowest BCUT2D eigenvalue weighted by Crippen LogP contribution is -2.73. The number of allylic oxidation sites excluding steroid dienone is 4. The first-order valence-corrected chi connectivity index (χ1v) is 11.4. The second-order valence-electron chi connectivity index (χ2n) is 9.46. The monoisotopic (exact) mass is 482 g/mol. The predicted molar refractivity (Wildman–Crippen MR) is 120 cm³/mol. The smallest absolute Gasteiger partial charge is 0.241 e. The normalized spacial score (nSPS) is 31.3. The van der Waals surface area contributed by atoms with Gasteiger partial charge >= 0.3 is 0 Å². The van der Waals surface area contributed by atoms with Gasteiger partial charge in [0.05, 0.1) is 45.0 Å². The number of amides is 1. The lowest BCUT2D eigenvalue weighted by Gasteiger charge is -2.57. The van der Waals surface area contributed by atoms with E-state index in [1.807, 2.05) is 0 Å². The van der Waals surface area contributed by atoms with Gasteiger partial charge in [0, 0.05) is 39.9 Å². The second-order valence-corrected chi connectivity index (χ2v) is 9.46. The van der Waals surface area contributed by atoms with Crippen LogP contribution in [-0.2, 0) is 33.4 Å². The molecular weight excluding hydrogens is 456 g/mol. The molecule has 1 N–H and O–H groups in total. The van der Waals surface area contributed by atoms with Gasteiger partial charge < -0.3 is 19.5 Å². The third kappa shape index (κ3) is 2.80. The summed E-state index contributed by atoms with van der Waals surface area (Å²) in [4.78, 5) is 70.2. The van der Waals surface area contributed by atoms with Crippen LogP contribution < -0.4 is 0 Å². The highest BCUT2D eigenvalue weighted by Gasteiger charge is 2.59. The molecule has 0 unspecified atom stereocenters. The van der Waals surface area contributed by atoms with Gasteiger partial charge in [0.2, 0.25) is 17.5 Å². The van der Waals surface area contributed by atoms with Gasteiger partial charge in [0.15, 0.2) is 23.1 Å². The molecule has 0 spiro atoms. The van der Waals surface area contributed by atoms with Crippen molar-refractivity contribution in [3.63, 3.8) is 0 Å². The number of Topliss-reactive ketones (excluding diaryl/α,β-unsaturated/α-hetero) is 4. The predicted octanol–water partition coefficient (Wildman–Crippen LogP) is -0.228. The van der Waals surface area contributed by atoms with Crippen molar-refractivity contribution >= 4 is 29.0 Å². The summed E-state index contributed by atoms with van der Waals surface area (Å²) in [5.74, 6) is -2.18. The van der Waals surface area contributed by atoms with Gasteiger partial charge in [-0.05, 0) is 27.3 Å². The summed E-state index contributed by atoms with van der Waals surface area (Å²) in [6, 6.07) is -3.28. The Bertz CT molecular complexity index is 1270. The molecule has 5 rings (SSSR count). The topological polar surface area (TPSA) is 131 Å². The molecule has 10 heteroatoms. The molecule has 1 amide bonds. The van der Waals surface area contributed by atoms with Crippen molar-refractivity contribution in [3.8, 4) is 0 Å². The molecule has 0 saturated carbocycles. The van der Waals surface area contributed by atoms with E-state index in [4.69, 9.17) is 9.47 Å². The van der Waals surface area contributed by atoms with E-state index >= 15 is 0 Å². The maximum absolute atomic E-state index is 13.7. The fourth-order valence-electron chi connectivity index (χ4n) is 6.39. The van der Waals surface area contributed by atoms with E-state index in [1.165, 1.54) is 33.0 Å². The molecule has 184 valence electrons. The number of rotatable bonds is 3. The fourth-order valence-corrected chi connectivity index (χ4v) is 6.39. The largest absolute Gasteiger partial charge is 0.492 e. The van der Waals surface area contributed by atoms with Crippen molar-refractivity contribution in [2.75, 3.05) is 27.9 Å². The van der Waals surface area contributed by atoms with Crippen LogP contribution in [0.4, 0.5) is 0 Å². The number of piperazine rings is 1. The van der Waals surface area contributed by atoms with Crippen molar-refractivity contribution in [1.29, 1.82) is 0 Å². The highest BCUT2D eigenvalue weighted by Crippen LogP contribution is 2.47. The zero-order valence-electron chi connectivity index (χ0n) is 20.1. The van der Waals surface area contributed by atoms with E-state index in [2.05, 4.69) is 0 Å². The van der Waals surface area contributed by atoms with E-state index in [-0.39, 0.29) is 63.9 Å². The van der Waals surface area contributed by atoms with Gasteiger partial charge in [-0.1, -0.05) is 0 Å². The molecule has 3 aliphatic heterocycles. The van der Waals surface area contributed by atoms with E-state index in [0.29, 0.717) is 5.57 Å². The molecule has 0 radical (unpaired) electrons. The number of carbonyl (C=O) groups is 5. The van der Waals surface area contributed by atoms with Crippen LogP contribution in [0.2, 0.25) is 0 Å². The standard InChI is InChI=1S/C25H26N2O8/c1-9-19(29)11-6-13-18-17-12(20(30)10(2)24(35-5)22(17)32)7-14(26(18)3)25(33)27(13)15(8-28)16(11)21(31)23(9)34-4/h13-15,18,28H,6-8H2,1-5H3/t13-,14-,15-,18-/m0/s1. The molecular formula is C25H26N2O8. The Hall–Kier alpha value is -3.37. The molecule has 35 heavy (non-hydrogen) atoms. The molecule has 1 fully saturated rings. The van der Waals surface area contributed by atoms with Gasteiger partial charge in [-0.25, -0.2) is 0 Å². The van der Waals surface area contributed by atoms with E-state index in [0.717, 1.165) is 0 Å². The molecule has 1 saturated heterocycles. The molecule has 0 aromatic heterocycles. The summed E-state index contributed by atoms with van der Waals surface area (Å²) in [5, 5.41) is 10.4. The first-order chi connectivity index (χ1) is 16.6. The van der Waals surface area contributed by atoms with Gasteiger partial charge in [-0.15, -0.1) is 0 Å². The average Bonchev–Trinajstić information content (AvgIpc) is 2.83. The van der Waals surface area contributed by atoms with E-state index < -0.39 is 48.1 Å². The van der Waals surface area contributed by atoms with Crippen molar-refractivity contribution in [2.24, 2.45) is 0 Å². The Morgan fingerprint density at radius 1 is 0.829 bits per heavy atom. The zero-order valence-corrected chi connectivity index (χ0v) is 20.1. The third-order valence-corrected chi connectivity index (χ3v) is 8.01. The number of ether oxygens (including phenoxy) is 2. The van der Waals surface area contributed by atoms with Crippen LogP contribution in [0.25, 0.3) is 0 Å². The van der Waals surface area contributed by atoms with Crippen LogP contribution in [0, 0.1) is 0 Å². The molecule has 5 aliphatic rings. The van der Waals surface area contributed by atoms with Gasteiger partial charge in [-0.2, -0.15) is 0 Å². The van der Waals surface area contributed by atoms with Crippen LogP contribution >= 0.6 is 0 Å². The SMILES string of the molecule is COC1=C(C)C(=O)C2=C(C1=O)[C@@H]1[C@@H]3CC4=C(C(=O)C(OC)=C(C)C4=O)[C@H](CO)N3C(=O)[C@H](C2)N1C. The first-order valence-electron chi connectivity index (χ1n) is 11.4. The first kappa shape index (κ1) is 23.4. The number of aliphatic hydroxyl groups excluding tert-OH is 1. The van der Waals surface area contributed by atoms with Gasteiger partial charge in [0.25, 0.3) is 0 Å². The minimum Gasteiger partial charge on any atom is -0.492 e. The second kappa shape index (κ2) is 7.82. The summed E-state index contributed by atoms with van der Waals surface area (Å²) < 4.78 is 10.5. The molecule has 0 aromatic rings.